The number of carbonyl (C=O) groups excluding carboxylic acids is 1. The van der Waals surface area contributed by atoms with Crippen LogP contribution in [-0.2, 0) is 9.53 Å². The van der Waals surface area contributed by atoms with Gasteiger partial charge in [-0.25, -0.2) is 9.79 Å². The number of benzene rings is 1. The number of furan rings is 1. The first-order valence-corrected chi connectivity index (χ1v) is 11.4. The molecular weight excluding hydrogens is 480 g/mol. The number of hydrogen-bond acceptors (Lipinski definition) is 6. The number of fused-ring (bicyclic) bond motifs is 1. The van der Waals surface area contributed by atoms with Gasteiger partial charge in [-0.2, -0.15) is 0 Å². The van der Waals surface area contributed by atoms with Crippen molar-refractivity contribution in [3.63, 3.8) is 0 Å². The molecule has 3 heterocycles. The Hall–Kier alpha value is -2.71. The molecule has 160 valence electrons. The Morgan fingerprint density at radius 3 is 2.55 bits per heavy atom. The van der Waals surface area contributed by atoms with Crippen molar-refractivity contribution in [2.75, 3.05) is 7.11 Å². The lowest BCUT2D eigenvalue weighted by atomic mass is 9.93. The van der Waals surface area contributed by atoms with Gasteiger partial charge in [-0.1, -0.05) is 49.4 Å². The molecule has 0 N–H and O–H groups in total. The maximum Gasteiger partial charge on any atom is 0.338 e. The number of carbonyl (C=O) groups is 1. The van der Waals surface area contributed by atoms with Crippen LogP contribution in [0, 0.1) is 0 Å². The molecule has 0 saturated carbocycles. The normalized spacial score (nSPS) is 16.5. The molecule has 0 amide bonds. The Morgan fingerprint density at radius 1 is 1.26 bits per heavy atom. The van der Waals surface area contributed by atoms with E-state index in [-0.39, 0.29) is 5.56 Å². The fraction of sp³-hybridized carbons (Fsp3) is 0.261. The summed E-state index contributed by atoms with van der Waals surface area (Å²) in [5.74, 6) is 0.434. The van der Waals surface area contributed by atoms with E-state index in [1.54, 1.807) is 29.7 Å². The van der Waals surface area contributed by atoms with E-state index >= 15 is 0 Å². The summed E-state index contributed by atoms with van der Waals surface area (Å²) in [5, 5.41) is 0. The molecule has 0 radical (unpaired) electrons. The first-order valence-electron chi connectivity index (χ1n) is 9.76. The summed E-state index contributed by atoms with van der Waals surface area (Å²) in [4.78, 5) is 31.2. The summed E-state index contributed by atoms with van der Waals surface area (Å²) in [7, 11) is 1.33. The highest BCUT2D eigenvalue weighted by Crippen LogP contribution is 2.31. The lowest BCUT2D eigenvalue weighted by Gasteiger charge is -2.24. The van der Waals surface area contributed by atoms with E-state index in [4.69, 9.17) is 9.15 Å². The highest BCUT2D eigenvalue weighted by Gasteiger charge is 2.33. The van der Waals surface area contributed by atoms with Gasteiger partial charge in [0.25, 0.3) is 5.56 Å². The molecule has 0 unspecified atom stereocenters. The van der Waals surface area contributed by atoms with E-state index in [9.17, 15) is 9.59 Å². The fourth-order valence-electron chi connectivity index (χ4n) is 3.61. The number of ether oxygens (including phenoxy) is 1. The summed E-state index contributed by atoms with van der Waals surface area (Å²) in [5.41, 5.74) is 2.67. The number of rotatable bonds is 4. The Morgan fingerprint density at radius 2 is 1.97 bits per heavy atom. The smallest absolute Gasteiger partial charge is 0.338 e. The molecule has 0 fully saturated rings. The second kappa shape index (κ2) is 8.43. The van der Waals surface area contributed by atoms with Gasteiger partial charge < -0.3 is 9.15 Å². The molecule has 1 aliphatic rings. The minimum atomic E-state index is -0.615. The highest BCUT2D eigenvalue weighted by atomic mass is 79.9. The largest absolute Gasteiger partial charge is 0.466 e. The van der Waals surface area contributed by atoms with Gasteiger partial charge in [-0.3, -0.25) is 9.36 Å². The molecule has 0 bridgehead atoms. The molecule has 8 heteroatoms. The number of aromatic nitrogens is 1. The standard InChI is InChI=1S/C23H21BrN2O4S/c1-12(2)14-5-7-15(8-6-14)20-19(22(28)29-4)13(3)25-23-26(20)21(27)17(31-23)11-16-9-10-18(24)30-16/h5-12,20H,1-4H3/t20-/m1/s1. The molecule has 1 atom stereocenters. The number of hydrogen-bond donors (Lipinski definition) is 0. The predicted octanol–water partition coefficient (Wildman–Crippen LogP) is 3.89. The van der Waals surface area contributed by atoms with Crippen molar-refractivity contribution in [1.82, 2.24) is 4.57 Å². The van der Waals surface area contributed by atoms with Crippen LogP contribution in [0.5, 0.6) is 0 Å². The summed E-state index contributed by atoms with van der Waals surface area (Å²) < 4.78 is 13.2. The lowest BCUT2D eigenvalue weighted by molar-refractivity contribution is -0.136. The van der Waals surface area contributed by atoms with Crippen LogP contribution in [0.1, 0.15) is 49.6 Å². The Kier molecular flexibility index (Phi) is 5.85. The Bertz CT molecular complexity index is 1360. The van der Waals surface area contributed by atoms with Gasteiger partial charge in [0.2, 0.25) is 0 Å². The van der Waals surface area contributed by atoms with Gasteiger partial charge in [0, 0.05) is 6.08 Å². The minimum Gasteiger partial charge on any atom is -0.466 e. The molecule has 6 nitrogen and oxygen atoms in total. The average molecular weight is 501 g/mol. The van der Waals surface area contributed by atoms with E-state index < -0.39 is 12.0 Å². The van der Waals surface area contributed by atoms with E-state index in [1.165, 1.54) is 24.0 Å². The van der Waals surface area contributed by atoms with Gasteiger partial charge in [-0.15, -0.1) is 0 Å². The Labute approximate surface area is 191 Å². The first-order chi connectivity index (χ1) is 14.8. The van der Waals surface area contributed by atoms with Crippen LogP contribution >= 0.6 is 27.3 Å². The predicted molar refractivity (Wildman–Crippen MR) is 123 cm³/mol. The van der Waals surface area contributed by atoms with Crippen LogP contribution in [0.25, 0.3) is 6.08 Å². The van der Waals surface area contributed by atoms with Crippen molar-refractivity contribution in [3.8, 4) is 0 Å². The molecule has 1 aliphatic heterocycles. The van der Waals surface area contributed by atoms with Crippen LogP contribution in [0.2, 0.25) is 0 Å². The zero-order valence-electron chi connectivity index (χ0n) is 17.5. The molecule has 4 rings (SSSR count). The molecule has 31 heavy (non-hydrogen) atoms. The number of allylic oxidation sites excluding steroid dienone is 1. The molecular formula is C23H21BrN2O4S. The molecule has 0 saturated heterocycles. The maximum atomic E-state index is 13.4. The number of methoxy groups -OCH3 is 1. The number of halogens is 1. The highest BCUT2D eigenvalue weighted by molar-refractivity contribution is 9.10. The summed E-state index contributed by atoms with van der Waals surface area (Å²) >= 11 is 4.54. The number of nitrogens with zero attached hydrogens (tertiary/aromatic N) is 2. The van der Waals surface area contributed by atoms with E-state index in [2.05, 4.69) is 34.8 Å². The SMILES string of the molecule is COC(=O)C1=C(C)N=c2sc(=Cc3ccc(Br)o3)c(=O)n2[C@@H]1c1ccc(C(C)C)cc1. The maximum absolute atomic E-state index is 13.4. The first kappa shape index (κ1) is 21.5. The third-order valence-electron chi connectivity index (χ3n) is 5.21. The Balaban J connectivity index is 1.95. The quantitative estimate of drug-likeness (QED) is 0.509. The fourth-order valence-corrected chi connectivity index (χ4v) is 4.95. The second-order valence-corrected chi connectivity index (χ2v) is 9.33. The average Bonchev–Trinajstić information content (AvgIpc) is 3.29. The minimum absolute atomic E-state index is 0.233. The van der Waals surface area contributed by atoms with Gasteiger partial charge in [-0.05, 0) is 52.0 Å². The van der Waals surface area contributed by atoms with Crippen LogP contribution in [0.15, 0.2) is 66.5 Å². The van der Waals surface area contributed by atoms with E-state index in [1.807, 2.05) is 24.3 Å². The van der Waals surface area contributed by atoms with Crippen LogP contribution in [0.4, 0.5) is 0 Å². The molecule has 0 spiro atoms. The summed E-state index contributed by atoms with van der Waals surface area (Å²) in [6.45, 7) is 6.01. The monoisotopic (exact) mass is 500 g/mol. The van der Waals surface area contributed by atoms with E-state index in [0.717, 1.165) is 5.56 Å². The van der Waals surface area contributed by atoms with Crippen molar-refractivity contribution >= 4 is 39.3 Å². The number of esters is 1. The van der Waals surface area contributed by atoms with Crippen molar-refractivity contribution in [3.05, 3.63) is 88.9 Å². The summed E-state index contributed by atoms with van der Waals surface area (Å²) in [6.07, 6.45) is 1.69. The van der Waals surface area contributed by atoms with Crippen molar-refractivity contribution in [2.24, 2.45) is 4.99 Å². The third-order valence-corrected chi connectivity index (χ3v) is 6.62. The second-order valence-electron chi connectivity index (χ2n) is 7.54. The van der Waals surface area contributed by atoms with Gasteiger partial charge >= 0.3 is 5.97 Å². The van der Waals surface area contributed by atoms with Crippen molar-refractivity contribution < 1.29 is 13.9 Å². The molecule has 0 aliphatic carbocycles. The van der Waals surface area contributed by atoms with Crippen molar-refractivity contribution in [1.29, 1.82) is 0 Å². The topological polar surface area (TPSA) is 73.8 Å². The van der Waals surface area contributed by atoms with E-state index in [0.29, 0.717) is 37.0 Å². The van der Waals surface area contributed by atoms with Gasteiger partial charge in [0.05, 0.1) is 29.0 Å². The van der Waals surface area contributed by atoms with Crippen LogP contribution in [-0.4, -0.2) is 17.6 Å². The summed E-state index contributed by atoms with van der Waals surface area (Å²) in [6, 6.07) is 10.9. The molecule has 2 aromatic heterocycles. The van der Waals surface area contributed by atoms with Crippen LogP contribution < -0.4 is 14.9 Å². The van der Waals surface area contributed by atoms with Crippen molar-refractivity contribution in [2.45, 2.75) is 32.7 Å². The number of thiazole rings is 1. The molecule has 1 aromatic carbocycles. The lowest BCUT2D eigenvalue weighted by Crippen LogP contribution is -2.39. The van der Waals surface area contributed by atoms with Gasteiger partial charge in [0.15, 0.2) is 9.47 Å². The zero-order valence-corrected chi connectivity index (χ0v) is 19.9. The third kappa shape index (κ3) is 3.97. The molecule has 3 aromatic rings. The van der Waals surface area contributed by atoms with Crippen LogP contribution in [0.3, 0.4) is 0 Å². The zero-order chi connectivity index (χ0) is 22.3. The van der Waals surface area contributed by atoms with Gasteiger partial charge in [0.1, 0.15) is 5.76 Å².